The molecule has 0 saturated heterocycles. The number of hydrogen-bond acceptors (Lipinski definition) is 1. The van der Waals surface area contributed by atoms with Gasteiger partial charge in [-0.25, -0.2) is 0 Å². The topological polar surface area (TPSA) is 23.8 Å². The van der Waals surface area contributed by atoms with Crippen molar-refractivity contribution >= 4 is 19.4 Å². The van der Waals surface area contributed by atoms with Crippen LogP contribution in [-0.2, 0) is 0 Å². The van der Waals surface area contributed by atoms with Crippen LogP contribution in [0.25, 0.3) is 0 Å². The van der Waals surface area contributed by atoms with Gasteiger partial charge in [0.1, 0.15) is 0 Å². The van der Waals surface area contributed by atoms with Gasteiger partial charge < -0.3 is 0 Å². The summed E-state index contributed by atoms with van der Waals surface area (Å²) in [6.07, 6.45) is 7.76. The van der Waals surface area contributed by atoms with Gasteiger partial charge in [-0.1, -0.05) is 0 Å². The van der Waals surface area contributed by atoms with Gasteiger partial charge in [0.15, 0.2) is 0 Å². The Kier molecular flexibility index (Phi) is 7.14. The average molecular weight is 290 g/mol. The number of allylic oxidation sites excluding steroid dienone is 3. The van der Waals surface area contributed by atoms with Crippen LogP contribution >= 0.6 is 0 Å². The fourth-order valence-electron chi connectivity index (χ4n) is 1.39. The molecule has 2 heteroatoms. The van der Waals surface area contributed by atoms with Crippen molar-refractivity contribution in [2.75, 3.05) is 0 Å². The summed E-state index contributed by atoms with van der Waals surface area (Å²) in [6, 6.07) is 12.8. The molecule has 0 atom stereocenters. The third kappa shape index (κ3) is 6.12. The van der Waals surface area contributed by atoms with Crippen LogP contribution in [-0.4, -0.2) is 15.0 Å². The van der Waals surface area contributed by atoms with Crippen LogP contribution in [0.15, 0.2) is 53.5 Å². The minimum atomic E-state index is 0.389. The molecular weight excluding hydrogens is 273 g/mol. The zero-order chi connectivity index (χ0) is 12.3. The molecule has 0 amide bonds. The molecule has 0 aromatic heterocycles. The number of rotatable bonds is 7. The molecule has 1 aromatic carbocycles. The van der Waals surface area contributed by atoms with Gasteiger partial charge in [-0.15, -0.1) is 0 Å². The molecule has 1 rings (SSSR count). The standard InChI is InChI=1S/C15H17NSe/c1-2-3-9-14(12-7-8-13-16)17-15-10-5-4-6-11-15/h2,4-6,9-11H,1,3,7-8,12H2/b14-9-. The van der Waals surface area contributed by atoms with Crippen molar-refractivity contribution < 1.29 is 0 Å². The minimum absolute atomic E-state index is 0.389. The molecular formula is C15H17NSe. The molecule has 0 radical (unpaired) electrons. The zero-order valence-electron chi connectivity index (χ0n) is 9.93. The normalized spacial score (nSPS) is 10.9. The third-order valence-electron chi connectivity index (χ3n) is 2.22. The Morgan fingerprint density at radius 3 is 2.76 bits per heavy atom. The fraction of sp³-hybridized carbons (Fsp3) is 0.267. The molecule has 0 bridgehead atoms. The van der Waals surface area contributed by atoms with Crippen molar-refractivity contribution in [3.05, 3.63) is 53.5 Å². The van der Waals surface area contributed by atoms with E-state index in [1.807, 2.05) is 12.1 Å². The van der Waals surface area contributed by atoms with Gasteiger partial charge in [0, 0.05) is 0 Å². The number of nitriles is 1. The molecule has 1 aromatic rings. The van der Waals surface area contributed by atoms with Crippen LogP contribution in [0.5, 0.6) is 0 Å². The third-order valence-corrected chi connectivity index (χ3v) is 4.61. The molecule has 0 aliphatic rings. The van der Waals surface area contributed by atoms with Crippen LogP contribution in [0, 0.1) is 11.3 Å². The van der Waals surface area contributed by atoms with E-state index >= 15 is 0 Å². The van der Waals surface area contributed by atoms with Crippen LogP contribution in [0.3, 0.4) is 0 Å². The second-order valence-corrected chi connectivity index (χ2v) is 6.14. The van der Waals surface area contributed by atoms with Crippen molar-refractivity contribution in [1.82, 2.24) is 0 Å². The quantitative estimate of drug-likeness (QED) is 0.430. The van der Waals surface area contributed by atoms with E-state index in [4.69, 9.17) is 5.26 Å². The van der Waals surface area contributed by atoms with Crippen molar-refractivity contribution in [3.8, 4) is 6.07 Å². The first-order valence-electron chi connectivity index (χ1n) is 5.76. The van der Waals surface area contributed by atoms with Crippen LogP contribution in [0.1, 0.15) is 25.7 Å². The summed E-state index contributed by atoms with van der Waals surface area (Å²) >= 11 is 0.389. The zero-order valence-corrected chi connectivity index (χ0v) is 11.6. The molecule has 0 aliphatic heterocycles. The summed E-state index contributed by atoms with van der Waals surface area (Å²) in [5.41, 5.74) is 0. The van der Waals surface area contributed by atoms with E-state index in [2.05, 4.69) is 43.0 Å². The molecule has 0 aliphatic carbocycles. The van der Waals surface area contributed by atoms with Gasteiger partial charge in [-0.3, -0.25) is 0 Å². The first-order valence-corrected chi connectivity index (χ1v) is 7.48. The SMILES string of the molecule is C=CC/C=C(/CCCC#N)[Se]c1ccccc1. The van der Waals surface area contributed by atoms with Crippen molar-refractivity contribution in [3.63, 3.8) is 0 Å². The first kappa shape index (κ1) is 13.8. The van der Waals surface area contributed by atoms with Gasteiger partial charge in [-0.2, -0.15) is 0 Å². The number of nitrogens with zero attached hydrogens (tertiary/aromatic N) is 1. The van der Waals surface area contributed by atoms with Crippen molar-refractivity contribution in [2.24, 2.45) is 0 Å². The Bertz CT molecular complexity index is 401. The maximum absolute atomic E-state index is 8.56. The maximum atomic E-state index is 8.56. The van der Waals surface area contributed by atoms with Crippen molar-refractivity contribution in [2.45, 2.75) is 25.7 Å². The van der Waals surface area contributed by atoms with Gasteiger partial charge in [0.2, 0.25) is 0 Å². The van der Waals surface area contributed by atoms with Gasteiger partial charge in [0.05, 0.1) is 0 Å². The number of unbranched alkanes of at least 4 members (excludes halogenated alkanes) is 1. The summed E-state index contributed by atoms with van der Waals surface area (Å²) in [5, 5.41) is 8.56. The Balaban J connectivity index is 2.57. The fourth-order valence-corrected chi connectivity index (χ4v) is 3.54. The van der Waals surface area contributed by atoms with E-state index in [0.29, 0.717) is 21.4 Å². The Labute approximate surface area is 110 Å². The van der Waals surface area contributed by atoms with Crippen LogP contribution in [0.2, 0.25) is 0 Å². The molecule has 0 saturated carbocycles. The second-order valence-electron chi connectivity index (χ2n) is 3.62. The summed E-state index contributed by atoms with van der Waals surface area (Å²) in [5.74, 6) is 0. The Hall–Kier alpha value is -1.29. The van der Waals surface area contributed by atoms with Gasteiger partial charge in [-0.05, 0) is 0 Å². The summed E-state index contributed by atoms with van der Waals surface area (Å²) in [7, 11) is 0. The molecule has 0 spiro atoms. The first-order chi connectivity index (χ1) is 8.36. The Morgan fingerprint density at radius 2 is 2.12 bits per heavy atom. The predicted molar refractivity (Wildman–Crippen MR) is 74.2 cm³/mol. The molecule has 0 heterocycles. The number of benzene rings is 1. The van der Waals surface area contributed by atoms with Crippen LogP contribution < -0.4 is 4.46 Å². The Morgan fingerprint density at radius 1 is 1.35 bits per heavy atom. The monoisotopic (exact) mass is 291 g/mol. The van der Waals surface area contributed by atoms with E-state index in [1.165, 1.54) is 8.93 Å². The van der Waals surface area contributed by atoms with E-state index in [1.54, 1.807) is 0 Å². The van der Waals surface area contributed by atoms with E-state index in [0.717, 1.165) is 19.3 Å². The van der Waals surface area contributed by atoms with Crippen molar-refractivity contribution in [1.29, 1.82) is 5.26 Å². The van der Waals surface area contributed by atoms with Gasteiger partial charge in [0.25, 0.3) is 0 Å². The summed E-state index contributed by atoms with van der Waals surface area (Å²) in [4.78, 5) is 0. The summed E-state index contributed by atoms with van der Waals surface area (Å²) in [6.45, 7) is 3.75. The van der Waals surface area contributed by atoms with Gasteiger partial charge >= 0.3 is 110 Å². The molecule has 0 unspecified atom stereocenters. The van der Waals surface area contributed by atoms with E-state index in [-0.39, 0.29) is 0 Å². The second kappa shape index (κ2) is 8.82. The molecule has 17 heavy (non-hydrogen) atoms. The average Bonchev–Trinajstić information content (AvgIpc) is 2.37. The molecule has 0 fully saturated rings. The van der Waals surface area contributed by atoms with E-state index in [9.17, 15) is 0 Å². The summed E-state index contributed by atoms with van der Waals surface area (Å²) < 4.78 is 2.87. The van der Waals surface area contributed by atoms with E-state index < -0.39 is 0 Å². The molecule has 0 N–H and O–H groups in total. The molecule has 88 valence electrons. The van der Waals surface area contributed by atoms with Crippen LogP contribution in [0.4, 0.5) is 0 Å². The predicted octanol–water partition coefficient (Wildman–Crippen LogP) is 3.17. The molecule has 1 nitrogen and oxygen atoms in total. The number of hydrogen-bond donors (Lipinski definition) is 0.